The average Bonchev–Trinajstić information content (AvgIpc) is 3.34. The highest BCUT2D eigenvalue weighted by atomic mass is 16.5. The van der Waals surface area contributed by atoms with Crippen molar-refractivity contribution in [3.63, 3.8) is 0 Å². The number of fused-ring (bicyclic) bond motifs is 3. The number of hydrogen-bond donors (Lipinski definition) is 3. The molecule has 0 spiro atoms. The highest BCUT2D eigenvalue weighted by molar-refractivity contribution is 5.80. The van der Waals surface area contributed by atoms with Gasteiger partial charge >= 0.3 is 12.1 Å². The van der Waals surface area contributed by atoms with Crippen LogP contribution in [-0.2, 0) is 14.3 Å². The number of amides is 2. The standard InChI is InChI=1S/C26H30N2O5/c1-17(14-24(30)31)27-23(29)15-26(12-6-7-13-26)28-25(32)33-16-22-20-10-4-2-8-18(20)19-9-3-5-11-21(19)22/h2-5,8-11,17,22H,6-7,12-16H2,1H3,(H,27,29)(H,28,32)(H,30,31)/t17-/m1/s1. The zero-order chi connectivity index (χ0) is 23.4. The molecule has 4 rings (SSSR count). The maximum absolute atomic E-state index is 12.8. The minimum atomic E-state index is -0.963. The molecule has 1 saturated carbocycles. The highest BCUT2D eigenvalue weighted by Crippen LogP contribution is 2.44. The average molecular weight is 451 g/mol. The van der Waals surface area contributed by atoms with Gasteiger partial charge in [-0.1, -0.05) is 61.4 Å². The molecular weight excluding hydrogens is 420 g/mol. The van der Waals surface area contributed by atoms with E-state index in [2.05, 4.69) is 34.9 Å². The van der Waals surface area contributed by atoms with Gasteiger partial charge in [0.2, 0.25) is 5.91 Å². The van der Waals surface area contributed by atoms with E-state index in [0.717, 1.165) is 24.0 Å². The van der Waals surface area contributed by atoms with E-state index in [1.165, 1.54) is 11.1 Å². The van der Waals surface area contributed by atoms with Crippen LogP contribution < -0.4 is 10.6 Å². The Bertz CT molecular complexity index is 999. The van der Waals surface area contributed by atoms with E-state index in [1.807, 2.05) is 24.3 Å². The maximum Gasteiger partial charge on any atom is 0.407 e. The summed E-state index contributed by atoms with van der Waals surface area (Å²) in [6.45, 7) is 1.88. The van der Waals surface area contributed by atoms with Crippen LogP contribution in [-0.4, -0.2) is 41.3 Å². The minimum absolute atomic E-state index is 0.0251. The predicted octanol–water partition coefficient (Wildman–Crippen LogP) is 4.21. The molecule has 3 N–H and O–H groups in total. The van der Waals surface area contributed by atoms with Crippen molar-refractivity contribution in [3.05, 3.63) is 59.7 Å². The Morgan fingerprint density at radius 2 is 1.61 bits per heavy atom. The van der Waals surface area contributed by atoms with E-state index in [0.29, 0.717) is 12.8 Å². The van der Waals surface area contributed by atoms with Gasteiger partial charge in [-0.2, -0.15) is 0 Å². The normalized spacial score (nSPS) is 17.0. The fourth-order valence-electron chi connectivity index (χ4n) is 5.19. The van der Waals surface area contributed by atoms with Crippen LogP contribution in [0.15, 0.2) is 48.5 Å². The summed E-state index contributed by atoms with van der Waals surface area (Å²) in [6, 6.07) is 15.9. The molecule has 33 heavy (non-hydrogen) atoms. The van der Waals surface area contributed by atoms with Crippen molar-refractivity contribution < 1.29 is 24.2 Å². The van der Waals surface area contributed by atoms with E-state index in [4.69, 9.17) is 9.84 Å². The Balaban J connectivity index is 1.38. The van der Waals surface area contributed by atoms with E-state index in [-0.39, 0.29) is 31.3 Å². The summed E-state index contributed by atoms with van der Waals surface area (Å²) in [5.41, 5.74) is 3.97. The fraction of sp³-hybridized carbons (Fsp3) is 0.423. The van der Waals surface area contributed by atoms with Crippen LogP contribution in [0, 0.1) is 0 Å². The quantitative estimate of drug-likeness (QED) is 0.559. The van der Waals surface area contributed by atoms with Crippen LogP contribution >= 0.6 is 0 Å². The summed E-state index contributed by atoms with van der Waals surface area (Å²) in [5.74, 6) is -1.25. The molecule has 2 aliphatic rings. The third kappa shape index (κ3) is 5.18. The van der Waals surface area contributed by atoms with E-state index >= 15 is 0 Å². The van der Waals surface area contributed by atoms with Gasteiger partial charge < -0.3 is 20.5 Å². The van der Waals surface area contributed by atoms with Crippen molar-refractivity contribution in [3.8, 4) is 11.1 Å². The number of rotatable bonds is 8. The molecule has 1 fully saturated rings. The second-order valence-electron chi connectivity index (χ2n) is 9.18. The first-order valence-corrected chi connectivity index (χ1v) is 11.5. The smallest absolute Gasteiger partial charge is 0.407 e. The lowest BCUT2D eigenvalue weighted by molar-refractivity contribution is -0.137. The van der Waals surface area contributed by atoms with E-state index < -0.39 is 23.6 Å². The molecule has 2 aromatic carbocycles. The Labute approximate surface area is 193 Å². The third-order valence-corrected chi connectivity index (χ3v) is 6.66. The van der Waals surface area contributed by atoms with Crippen LogP contribution in [0.1, 0.15) is 62.5 Å². The first-order chi connectivity index (χ1) is 15.9. The number of ether oxygens (including phenoxy) is 1. The van der Waals surface area contributed by atoms with Crippen LogP contribution in [0.5, 0.6) is 0 Å². The summed E-state index contributed by atoms with van der Waals surface area (Å²) in [5, 5.41) is 14.6. The molecule has 0 unspecified atom stereocenters. The summed E-state index contributed by atoms with van der Waals surface area (Å²) in [4.78, 5) is 36.2. The molecule has 0 bridgehead atoms. The lowest BCUT2D eigenvalue weighted by Gasteiger charge is -2.30. The SMILES string of the molecule is C[C@H](CC(=O)O)NC(=O)CC1(NC(=O)OCC2c3ccccc3-c3ccccc32)CCCC1. The second-order valence-corrected chi connectivity index (χ2v) is 9.18. The zero-order valence-electron chi connectivity index (χ0n) is 18.8. The van der Waals surface area contributed by atoms with E-state index in [1.54, 1.807) is 6.92 Å². The van der Waals surface area contributed by atoms with Gasteiger partial charge in [0.1, 0.15) is 6.61 Å². The van der Waals surface area contributed by atoms with Gasteiger partial charge in [0.25, 0.3) is 0 Å². The van der Waals surface area contributed by atoms with Crippen molar-refractivity contribution in [1.29, 1.82) is 0 Å². The molecule has 0 saturated heterocycles. The molecule has 174 valence electrons. The van der Waals surface area contributed by atoms with Crippen molar-refractivity contribution in [2.24, 2.45) is 0 Å². The van der Waals surface area contributed by atoms with Crippen LogP contribution in [0.25, 0.3) is 11.1 Å². The van der Waals surface area contributed by atoms with Gasteiger partial charge in [0.05, 0.1) is 12.0 Å². The number of carbonyl (C=O) groups is 3. The number of aliphatic carboxylic acids is 1. The molecule has 0 aliphatic heterocycles. The summed E-state index contributed by atoms with van der Waals surface area (Å²) < 4.78 is 5.68. The number of alkyl carbamates (subject to hydrolysis) is 1. The van der Waals surface area contributed by atoms with Gasteiger partial charge in [0.15, 0.2) is 0 Å². The number of carbonyl (C=O) groups excluding carboxylic acids is 2. The van der Waals surface area contributed by atoms with Crippen LogP contribution in [0.3, 0.4) is 0 Å². The topological polar surface area (TPSA) is 105 Å². The van der Waals surface area contributed by atoms with E-state index in [9.17, 15) is 14.4 Å². The summed E-state index contributed by atoms with van der Waals surface area (Å²) in [6.07, 6.45) is 2.67. The molecule has 2 amide bonds. The minimum Gasteiger partial charge on any atom is -0.481 e. The molecule has 2 aliphatic carbocycles. The Morgan fingerprint density at radius 1 is 1.03 bits per heavy atom. The number of benzene rings is 2. The number of carboxylic acid groups (broad SMARTS) is 1. The van der Waals surface area contributed by atoms with Crippen molar-refractivity contribution in [1.82, 2.24) is 10.6 Å². The highest BCUT2D eigenvalue weighted by Gasteiger charge is 2.38. The van der Waals surface area contributed by atoms with Crippen molar-refractivity contribution in [2.75, 3.05) is 6.61 Å². The first kappa shape index (κ1) is 22.8. The monoisotopic (exact) mass is 450 g/mol. The number of nitrogens with one attached hydrogen (secondary N) is 2. The molecule has 0 radical (unpaired) electrons. The molecule has 0 aromatic heterocycles. The van der Waals surface area contributed by atoms with Crippen molar-refractivity contribution >= 4 is 18.0 Å². The first-order valence-electron chi connectivity index (χ1n) is 11.5. The fourth-order valence-corrected chi connectivity index (χ4v) is 5.19. The lowest BCUT2D eigenvalue weighted by Crippen LogP contribution is -2.50. The number of hydrogen-bond acceptors (Lipinski definition) is 4. The molecule has 1 atom stereocenters. The van der Waals surface area contributed by atoms with Gasteiger partial charge in [0, 0.05) is 18.4 Å². The lowest BCUT2D eigenvalue weighted by atomic mass is 9.92. The predicted molar refractivity (Wildman–Crippen MR) is 124 cm³/mol. The van der Waals surface area contributed by atoms with Gasteiger partial charge in [-0.3, -0.25) is 9.59 Å². The summed E-state index contributed by atoms with van der Waals surface area (Å²) >= 11 is 0. The molecular formula is C26H30N2O5. The molecule has 7 nitrogen and oxygen atoms in total. The molecule has 7 heteroatoms. The molecule has 2 aromatic rings. The maximum atomic E-state index is 12.8. The van der Waals surface area contributed by atoms with Gasteiger partial charge in [-0.15, -0.1) is 0 Å². The summed E-state index contributed by atoms with van der Waals surface area (Å²) in [7, 11) is 0. The van der Waals surface area contributed by atoms with Gasteiger partial charge in [-0.05, 0) is 42.0 Å². The van der Waals surface area contributed by atoms with Crippen LogP contribution in [0.4, 0.5) is 4.79 Å². The van der Waals surface area contributed by atoms with Gasteiger partial charge in [-0.25, -0.2) is 4.79 Å². The largest absolute Gasteiger partial charge is 0.481 e. The van der Waals surface area contributed by atoms with Crippen molar-refractivity contribution in [2.45, 2.75) is 62.9 Å². The second kappa shape index (κ2) is 9.65. The van der Waals surface area contributed by atoms with Crippen LogP contribution in [0.2, 0.25) is 0 Å². The zero-order valence-corrected chi connectivity index (χ0v) is 18.8. The number of carboxylic acids is 1. The Morgan fingerprint density at radius 3 is 2.18 bits per heavy atom. The Hall–Kier alpha value is -3.35. The molecule has 0 heterocycles. The third-order valence-electron chi connectivity index (χ3n) is 6.66. The Kier molecular flexibility index (Phi) is 6.67.